The number of carbonyl (C=O) groups excluding carboxylic acids is 4. The van der Waals surface area contributed by atoms with Crippen LogP contribution in [0.1, 0.15) is 91.4 Å². The second kappa shape index (κ2) is 15.1. The highest BCUT2D eigenvalue weighted by Crippen LogP contribution is 2.57. The number of Topliss-reactive ketones (excluding diaryl/α,β-unsaturated/α-hetero) is 1. The van der Waals surface area contributed by atoms with Crippen molar-refractivity contribution in [1.29, 1.82) is 0 Å². The van der Waals surface area contributed by atoms with Crippen molar-refractivity contribution in [2.75, 3.05) is 6.54 Å². The first kappa shape index (κ1) is 37.9. The lowest BCUT2D eigenvalue weighted by Gasteiger charge is -2.29. The number of esters is 1. The predicted octanol–water partition coefficient (Wildman–Crippen LogP) is 5.01. The van der Waals surface area contributed by atoms with E-state index in [1.54, 1.807) is 20.8 Å². The molecule has 2 amide bonds. The van der Waals surface area contributed by atoms with Gasteiger partial charge in [-0.1, -0.05) is 25.0 Å². The minimum Gasteiger partial charge on any atom is -0.460 e. The number of aliphatic hydroxyl groups excluding tert-OH is 1. The van der Waals surface area contributed by atoms with Crippen LogP contribution in [-0.2, 0) is 33.9 Å². The van der Waals surface area contributed by atoms with Crippen LogP contribution in [0.3, 0.4) is 0 Å². The zero-order valence-electron chi connectivity index (χ0n) is 28.5. The van der Waals surface area contributed by atoms with E-state index < -0.39 is 56.2 Å². The Hall–Kier alpha value is -3.36. The first-order chi connectivity index (χ1) is 23.5. The maximum absolute atomic E-state index is 13.7. The topological polar surface area (TPSA) is 173 Å². The molecule has 2 aromatic rings. The molecule has 2 aliphatic carbocycles. The number of ketones is 1. The molecule has 274 valence electrons. The quantitative estimate of drug-likeness (QED) is 0.314. The molecule has 2 N–H and O–H groups in total. The molecule has 2 aliphatic heterocycles. The minimum absolute atomic E-state index is 0.0291. The molecule has 4 aliphatic rings. The van der Waals surface area contributed by atoms with E-state index in [1.807, 2.05) is 12.2 Å². The van der Waals surface area contributed by atoms with Crippen molar-refractivity contribution in [3.05, 3.63) is 41.5 Å². The molecule has 0 radical (unpaired) electrons. The van der Waals surface area contributed by atoms with Gasteiger partial charge in [0.15, 0.2) is 11.4 Å². The minimum atomic E-state index is -3.78. The Labute approximate surface area is 296 Å². The van der Waals surface area contributed by atoms with Crippen LogP contribution in [0, 0.1) is 23.1 Å². The summed E-state index contributed by atoms with van der Waals surface area (Å²) >= 11 is 5.44. The van der Waals surface area contributed by atoms with Gasteiger partial charge in [-0.3, -0.25) is 23.9 Å². The summed E-state index contributed by atoms with van der Waals surface area (Å²) in [5.74, 6) is -3.19. The molecule has 5 atom stereocenters. The van der Waals surface area contributed by atoms with Gasteiger partial charge in [0.25, 0.3) is 5.35 Å². The van der Waals surface area contributed by atoms with E-state index >= 15 is 0 Å². The Morgan fingerprint density at radius 3 is 2.62 bits per heavy atom. The highest BCUT2D eigenvalue weighted by Gasteiger charge is 2.61. The summed E-state index contributed by atoms with van der Waals surface area (Å²) < 4.78 is 50.1. The lowest BCUT2D eigenvalue weighted by Crippen LogP contribution is -2.46. The Bertz CT molecular complexity index is 1750. The number of oxazole rings is 1. The normalized spacial score (nSPS) is 28.3. The zero-order valence-corrected chi connectivity index (χ0v) is 30.1. The molecule has 6 rings (SSSR count). The van der Waals surface area contributed by atoms with Crippen molar-refractivity contribution in [3.63, 3.8) is 0 Å². The highest BCUT2D eigenvalue weighted by atomic mass is 35.5. The van der Waals surface area contributed by atoms with E-state index in [2.05, 4.69) is 9.71 Å². The third kappa shape index (κ3) is 9.49. The number of allylic oxidation sites excluding steroid dienone is 2. The molecule has 1 aromatic carbocycles. The number of fused-ring (bicyclic) bond motifs is 3. The van der Waals surface area contributed by atoms with Crippen LogP contribution in [0.15, 0.2) is 34.8 Å². The first-order valence-corrected chi connectivity index (χ1v) is 19.1. The van der Waals surface area contributed by atoms with Gasteiger partial charge in [0.05, 0.1) is 29.2 Å². The van der Waals surface area contributed by atoms with Crippen molar-refractivity contribution in [2.24, 2.45) is 17.3 Å². The highest BCUT2D eigenvalue weighted by molar-refractivity contribution is 7.90. The number of benzene rings is 1. The summed E-state index contributed by atoms with van der Waals surface area (Å²) in [7, 11) is -3.78. The van der Waals surface area contributed by atoms with Crippen molar-refractivity contribution in [2.45, 2.75) is 114 Å². The average Bonchev–Trinajstić information content (AvgIpc) is 3.91. The van der Waals surface area contributed by atoms with Gasteiger partial charge in [0.2, 0.25) is 21.8 Å². The monoisotopic (exact) mass is 737 g/mol. The summed E-state index contributed by atoms with van der Waals surface area (Å²) in [5.41, 5.74) is -0.947. The lowest BCUT2D eigenvalue weighted by molar-refractivity contribution is -0.159. The number of rotatable bonds is 5. The Morgan fingerprint density at radius 1 is 1.18 bits per heavy atom. The molecule has 12 nitrogen and oxygen atoms in total. The number of hydrogen-bond acceptors (Lipinski definition) is 10. The lowest BCUT2D eigenvalue weighted by atomic mass is 9.90. The summed E-state index contributed by atoms with van der Waals surface area (Å²) in [6.45, 7) is 5.25. The van der Waals surface area contributed by atoms with Crippen LogP contribution in [0.2, 0.25) is 5.35 Å². The molecule has 50 heavy (non-hydrogen) atoms. The molecule has 2 saturated carbocycles. The van der Waals surface area contributed by atoms with Crippen LogP contribution in [0.5, 0.6) is 0 Å². The summed E-state index contributed by atoms with van der Waals surface area (Å²) in [6, 6.07) is 3.12. The number of hydrogen-bond donors (Lipinski definition) is 2. The molecule has 1 saturated heterocycles. The van der Waals surface area contributed by atoms with Gasteiger partial charge >= 0.3 is 5.97 Å². The summed E-state index contributed by atoms with van der Waals surface area (Å²) in [4.78, 5) is 58.4. The Morgan fingerprint density at radius 2 is 1.92 bits per heavy atom. The maximum Gasteiger partial charge on any atom is 0.307 e. The van der Waals surface area contributed by atoms with Crippen LogP contribution in [0.4, 0.5) is 4.39 Å². The number of aromatic nitrogens is 1. The molecule has 3 heterocycles. The van der Waals surface area contributed by atoms with Crippen molar-refractivity contribution in [1.82, 2.24) is 14.6 Å². The van der Waals surface area contributed by atoms with Gasteiger partial charge in [-0.25, -0.2) is 12.8 Å². The fourth-order valence-corrected chi connectivity index (χ4v) is 8.27. The van der Waals surface area contributed by atoms with E-state index in [0.717, 1.165) is 25.7 Å². The molecular weight excluding hydrogens is 693 g/mol. The van der Waals surface area contributed by atoms with Crippen LogP contribution in [0.25, 0.3) is 11.1 Å². The molecular formula is C35H45ClFN3O9S. The molecule has 0 unspecified atom stereocenters. The van der Waals surface area contributed by atoms with Gasteiger partial charge < -0.3 is 19.2 Å². The third-order valence-electron chi connectivity index (χ3n) is 9.51. The van der Waals surface area contributed by atoms with Crippen molar-refractivity contribution < 1.29 is 46.2 Å². The second-order valence-electron chi connectivity index (χ2n) is 14.8. The van der Waals surface area contributed by atoms with E-state index in [-0.39, 0.29) is 54.6 Å². The molecule has 3 fully saturated rings. The second-order valence-corrected chi connectivity index (χ2v) is 17.1. The van der Waals surface area contributed by atoms with Gasteiger partial charge in [-0.15, -0.1) is 0 Å². The van der Waals surface area contributed by atoms with Crippen molar-refractivity contribution >= 4 is 56.3 Å². The van der Waals surface area contributed by atoms with Gasteiger partial charge in [-0.05, 0) is 88.9 Å². The van der Waals surface area contributed by atoms with E-state index in [0.29, 0.717) is 36.8 Å². The molecule has 15 heteroatoms. The number of nitrogens with zero attached hydrogens (tertiary/aromatic N) is 2. The van der Waals surface area contributed by atoms with E-state index in [4.69, 9.17) is 20.8 Å². The number of sulfonamides is 1. The molecule has 0 spiro atoms. The van der Waals surface area contributed by atoms with E-state index in [9.17, 15) is 37.1 Å². The smallest absolute Gasteiger partial charge is 0.307 e. The number of ether oxygens (including phenoxy) is 1. The SMILES string of the molecule is CC(C)(C)OC(=O)C[C@H]1CCCCC/C=C\[C@@H]2C[C@@]2(C(=O)NS(=O)(=O)C2CC2)CC(=O)[C@@H]2C[C@@H](O)CN2C1=O.Fc1ccc2oc(Cl)nc2c1. The van der Waals surface area contributed by atoms with Crippen LogP contribution >= 0.6 is 11.6 Å². The molecule has 1 aromatic heterocycles. The largest absolute Gasteiger partial charge is 0.460 e. The van der Waals surface area contributed by atoms with Gasteiger partial charge in [-0.2, -0.15) is 4.98 Å². The standard InChI is InChI=1S/C28H42N2O8S.C7H3ClFNO/c1-27(2,3)38-24(33)13-18-9-7-5-4-6-8-10-19-15-28(19,26(35)29-39(36,37)21-11-12-21)16-23(32)22-14-20(31)17-30(22)25(18)34;8-7-10-5-3-4(9)1-2-6(5)11-7/h8,10,18-22,31H,4-7,9,11-17H2,1-3H3,(H,29,35);1-3H/b10-8-;/t18-,19-,20-,22+,28-;/m1./s1. The van der Waals surface area contributed by atoms with Crippen LogP contribution in [-0.4, -0.2) is 76.5 Å². The third-order valence-corrected chi connectivity index (χ3v) is 11.5. The summed E-state index contributed by atoms with van der Waals surface area (Å²) in [5, 5.41) is 9.91. The van der Waals surface area contributed by atoms with E-state index in [1.165, 1.54) is 23.1 Å². The fourth-order valence-electron chi connectivity index (χ4n) is 6.71. The average molecular weight is 738 g/mol. The molecule has 0 bridgehead atoms. The number of halogens is 2. The number of nitrogens with one attached hydrogen (secondary N) is 1. The van der Waals surface area contributed by atoms with Crippen LogP contribution < -0.4 is 4.72 Å². The Balaban J connectivity index is 0.000000371. The van der Waals surface area contributed by atoms with Gasteiger partial charge in [0, 0.05) is 31.4 Å². The fraction of sp³-hybridized carbons (Fsp3) is 0.629. The van der Waals surface area contributed by atoms with Gasteiger partial charge in [0.1, 0.15) is 16.9 Å². The van der Waals surface area contributed by atoms with Crippen molar-refractivity contribution in [3.8, 4) is 0 Å². The Kier molecular flexibility index (Phi) is 11.4. The zero-order chi connectivity index (χ0) is 36.4. The number of carbonyl (C=O) groups is 4. The number of amides is 2. The number of aliphatic hydroxyl groups is 1. The predicted molar refractivity (Wildman–Crippen MR) is 182 cm³/mol. The maximum atomic E-state index is 13.7. The first-order valence-electron chi connectivity index (χ1n) is 17.1. The summed E-state index contributed by atoms with van der Waals surface area (Å²) in [6.07, 6.45) is 7.71.